The van der Waals surface area contributed by atoms with E-state index in [-0.39, 0.29) is 21.1 Å². The minimum absolute atomic E-state index is 0. The van der Waals surface area contributed by atoms with Gasteiger partial charge in [0.1, 0.15) is 0 Å². The quantitative estimate of drug-likeness (QED) is 0.389. The molecule has 0 fully saturated rings. The Morgan fingerprint density at radius 2 is 1.03 bits per heavy atom. The summed E-state index contributed by atoms with van der Waals surface area (Å²) in [5.74, 6) is -13.0. The third kappa shape index (κ3) is 20.4. The summed E-state index contributed by atoms with van der Waals surface area (Å²) in [6.45, 7) is -6.58. The average Bonchev–Trinajstić information content (AvgIpc) is 2.64. The highest BCUT2D eigenvalue weighted by Gasteiger charge is 2.66. The van der Waals surface area contributed by atoms with Gasteiger partial charge in [-0.25, -0.2) is 30.7 Å². The Hall–Kier alpha value is -1.85. The molecule has 0 bridgehead atoms. The van der Waals surface area contributed by atoms with Crippen LogP contribution in [0.25, 0.3) is 0 Å². The topological polar surface area (TPSA) is 81.7 Å². The first kappa shape index (κ1) is 47.4. The molecule has 6 nitrogen and oxygen atoms in total. The molecular formula is C12H18F17NO5S. The number of carbonyl (C=O) groups is 1. The second-order valence-electron chi connectivity index (χ2n) is 4.66. The van der Waals surface area contributed by atoms with E-state index in [1.165, 1.54) is 0 Å². The summed E-state index contributed by atoms with van der Waals surface area (Å²) < 4.78 is 208. The van der Waals surface area contributed by atoms with E-state index in [0.29, 0.717) is 4.72 Å². The lowest BCUT2D eigenvalue weighted by Gasteiger charge is -2.21. The number of hydrogen-bond donors (Lipinski definition) is 1. The Balaban J connectivity index is -0.0000000930. The normalized spacial score (nSPS) is 14.7. The van der Waals surface area contributed by atoms with Crippen LogP contribution in [0.5, 0.6) is 0 Å². The molecule has 1 amide bonds. The van der Waals surface area contributed by atoms with Gasteiger partial charge in [-0.15, -0.1) is 9.88 Å². The molecule has 0 rings (SSSR count). The highest BCUT2D eigenvalue weighted by molar-refractivity contribution is 7.89. The van der Waals surface area contributed by atoms with Crippen molar-refractivity contribution < 1.29 is 98.0 Å². The zero-order chi connectivity index (χ0) is 28.8. The predicted molar refractivity (Wildman–Crippen MR) is 85.7 cm³/mol. The van der Waals surface area contributed by atoms with Gasteiger partial charge < -0.3 is 0 Å². The van der Waals surface area contributed by atoms with E-state index < -0.39 is 66.4 Å². The van der Waals surface area contributed by atoms with Gasteiger partial charge in [-0.1, -0.05) is 14.9 Å². The van der Waals surface area contributed by atoms with E-state index in [2.05, 4.69) is 0 Å². The summed E-state index contributed by atoms with van der Waals surface area (Å²) in [4.78, 5) is 14.0. The van der Waals surface area contributed by atoms with Crippen LogP contribution >= 0.6 is 0 Å². The van der Waals surface area contributed by atoms with Gasteiger partial charge in [0.2, 0.25) is 17.0 Å². The fraction of sp³-hybridized carbons (Fsp3) is 0.917. The van der Waals surface area contributed by atoms with Crippen molar-refractivity contribution >= 4 is 15.9 Å². The van der Waals surface area contributed by atoms with Crippen LogP contribution in [0.15, 0.2) is 0 Å². The van der Waals surface area contributed by atoms with Crippen LogP contribution in [0.2, 0.25) is 0 Å². The molecule has 0 heterocycles. The Labute approximate surface area is 191 Å². The SMILES string of the molecule is C.C.CS(=O)(=O)NC(=O)C(F)(OF)C(F)(F)F.FCC(F)(F)F.FCC(F)(OF)C(F)(F)F.FCF. The molecule has 0 saturated carbocycles. The van der Waals surface area contributed by atoms with Crippen LogP contribution in [-0.2, 0) is 24.7 Å². The summed E-state index contributed by atoms with van der Waals surface area (Å²) >= 11 is 0. The standard InChI is InChI=1S/C4H4F5NO4S.C3H2F6O.C2H2F4.CH2F2.2CH4/c1-15(12,13)10-2(11)3(5,14-9)4(6,7)8;4-1-2(5,10-9)3(6,7)8;3-1-2(4,5)6;2-1-3;;/h1H3,(H,10,11);1H2;1H2;1H2;2*1H4. The van der Waals surface area contributed by atoms with E-state index in [0.717, 1.165) is 0 Å². The molecule has 0 aromatic rings. The molecule has 0 aliphatic heterocycles. The first-order valence-electron chi connectivity index (χ1n) is 6.72. The lowest BCUT2D eigenvalue weighted by molar-refractivity contribution is -0.404. The number of nitrogens with one attached hydrogen (secondary N) is 1. The number of carbonyl (C=O) groups excluding carboxylic acids is 1. The van der Waals surface area contributed by atoms with Crippen molar-refractivity contribution in [2.24, 2.45) is 0 Å². The van der Waals surface area contributed by atoms with Crippen molar-refractivity contribution in [1.82, 2.24) is 4.72 Å². The maximum atomic E-state index is 12.6. The Morgan fingerprint density at radius 3 is 1.11 bits per heavy atom. The smallest absolute Gasteiger partial charge is 0.267 e. The maximum absolute atomic E-state index is 12.6. The van der Waals surface area contributed by atoms with Gasteiger partial charge in [0, 0.05) is 0 Å². The molecule has 0 spiro atoms. The van der Waals surface area contributed by atoms with Gasteiger partial charge in [0.25, 0.3) is 0 Å². The van der Waals surface area contributed by atoms with Crippen LogP contribution in [0.3, 0.4) is 0 Å². The summed E-state index contributed by atoms with van der Waals surface area (Å²) in [5.41, 5.74) is 0. The number of alkyl halides is 15. The molecule has 0 radical (unpaired) electrons. The highest BCUT2D eigenvalue weighted by Crippen LogP contribution is 2.36. The molecule has 0 aliphatic carbocycles. The second kappa shape index (κ2) is 18.4. The molecule has 2 atom stereocenters. The maximum Gasteiger partial charge on any atom is 0.461 e. The van der Waals surface area contributed by atoms with Crippen LogP contribution in [-0.4, -0.2) is 71.1 Å². The molecule has 0 aromatic carbocycles. The highest BCUT2D eigenvalue weighted by atomic mass is 32.2. The van der Waals surface area contributed by atoms with E-state index >= 15 is 0 Å². The zero-order valence-corrected chi connectivity index (χ0v) is 16.3. The van der Waals surface area contributed by atoms with Gasteiger partial charge in [-0.3, -0.25) is 4.79 Å². The van der Waals surface area contributed by atoms with Gasteiger partial charge in [0.15, 0.2) is 13.3 Å². The predicted octanol–water partition coefficient (Wildman–Crippen LogP) is 5.95. The van der Waals surface area contributed by atoms with Crippen molar-refractivity contribution in [2.45, 2.75) is 45.1 Å². The minimum atomic E-state index is -6.05. The monoisotopic (exact) mass is 611 g/mol. The molecule has 0 aliphatic rings. The van der Waals surface area contributed by atoms with Crippen molar-refractivity contribution in [2.75, 3.05) is 26.5 Å². The number of rotatable bonds is 5. The van der Waals surface area contributed by atoms with Crippen LogP contribution < -0.4 is 4.72 Å². The zero-order valence-electron chi connectivity index (χ0n) is 15.5. The number of halogens is 17. The number of sulfonamides is 1. The molecular weight excluding hydrogens is 593 g/mol. The first-order valence-corrected chi connectivity index (χ1v) is 8.61. The molecule has 0 aromatic heterocycles. The Bertz CT molecular complexity index is 662. The fourth-order valence-corrected chi connectivity index (χ4v) is 1.05. The summed E-state index contributed by atoms with van der Waals surface area (Å²) in [6, 6.07) is 0. The van der Waals surface area contributed by atoms with Gasteiger partial charge in [-0.05, 0) is 9.05 Å². The van der Waals surface area contributed by atoms with Gasteiger partial charge in [0.05, 0.1) is 6.26 Å². The van der Waals surface area contributed by atoms with Crippen LogP contribution in [0, 0.1) is 0 Å². The lowest BCUT2D eigenvalue weighted by atomic mass is 10.3. The largest absolute Gasteiger partial charge is 0.461 e. The van der Waals surface area contributed by atoms with Gasteiger partial charge >= 0.3 is 36.1 Å². The molecule has 1 N–H and O–H groups in total. The van der Waals surface area contributed by atoms with E-state index in [1.807, 2.05) is 4.94 Å². The fourth-order valence-electron chi connectivity index (χ4n) is 0.582. The van der Waals surface area contributed by atoms with Crippen LogP contribution in [0.4, 0.5) is 74.9 Å². The first-order chi connectivity index (χ1) is 14.8. The second-order valence-corrected chi connectivity index (χ2v) is 6.41. The minimum Gasteiger partial charge on any atom is -0.267 e. The van der Waals surface area contributed by atoms with E-state index in [4.69, 9.17) is 0 Å². The van der Waals surface area contributed by atoms with Crippen molar-refractivity contribution in [3.63, 3.8) is 0 Å². The third-order valence-electron chi connectivity index (χ3n) is 1.91. The summed E-state index contributed by atoms with van der Waals surface area (Å²) in [5, 5.41) is 0. The molecule has 0 saturated heterocycles. The summed E-state index contributed by atoms with van der Waals surface area (Å²) in [6.07, 6.45) is -16.1. The molecule has 2 unspecified atom stereocenters. The van der Waals surface area contributed by atoms with E-state index in [9.17, 15) is 88.1 Å². The van der Waals surface area contributed by atoms with E-state index in [1.54, 1.807) is 4.94 Å². The average molecular weight is 611 g/mol. The van der Waals surface area contributed by atoms with Crippen molar-refractivity contribution in [1.29, 1.82) is 0 Å². The third-order valence-corrected chi connectivity index (χ3v) is 2.47. The number of hydrogen-bond acceptors (Lipinski definition) is 5. The molecule has 226 valence electrons. The van der Waals surface area contributed by atoms with Crippen molar-refractivity contribution in [3.8, 4) is 0 Å². The lowest BCUT2D eigenvalue weighted by Crippen LogP contribution is -2.55. The summed E-state index contributed by atoms with van der Waals surface area (Å²) in [7, 11) is -4.46. The number of amides is 1. The van der Waals surface area contributed by atoms with Crippen molar-refractivity contribution in [3.05, 3.63) is 0 Å². The Morgan fingerprint density at radius 1 is 0.722 bits per heavy atom. The van der Waals surface area contributed by atoms with Crippen LogP contribution in [0.1, 0.15) is 14.9 Å². The Kier molecular flexibility index (Phi) is 24.2. The molecule has 36 heavy (non-hydrogen) atoms. The molecule has 24 heteroatoms. The van der Waals surface area contributed by atoms with Gasteiger partial charge in [-0.2, -0.15) is 48.3 Å².